The van der Waals surface area contributed by atoms with Crippen LogP contribution in [0.15, 0.2) is 71.6 Å². The molecule has 0 saturated heterocycles. The van der Waals surface area contributed by atoms with Gasteiger partial charge in [-0.25, -0.2) is 0 Å². The van der Waals surface area contributed by atoms with Gasteiger partial charge in [0.15, 0.2) is 0 Å². The van der Waals surface area contributed by atoms with Crippen LogP contribution in [-0.4, -0.2) is 66.3 Å². The quantitative estimate of drug-likeness (QED) is 0.149. The van der Waals surface area contributed by atoms with E-state index in [0.29, 0.717) is 44.5 Å². The number of anilines is 1. The summed E-state index contributed by atoms with van der Waals surface area (Å²) in [4.78, 5) is 12.8. The number of rotatable bonds is 14. The average Bonchev–Trinajstić information content (AvgIpc) is 2.89. The van der Waals surface area contributed by atoms with E-state index in [1.165, 1.54) is 44.1 Å². The van der Waals surface area contributed by atoms with E-state index in [0.717, 1.165) is 5.56 Å². The van der Waals surface area contributed by atoms with Crippen molar-refractivity contribution in [3.63, 3.8) is 0 Å². The molecule has 206 valence electrons. The summed E-state index contributed by atoms with van der Waals surface area (Å²) in [5, 5.41) is 15.5. The molecule has 4 N–H and O–H groups in total. The van der Waals surface area contributed by atoms with E-state index in [1.807, 2.05) is 26.0 Å². The number of hydrogen-bond acceptors (Lipinski definition) is 5. The molecular formula is C29H40AsN3O4S. The van der Waals surface area contributed by atoms with Crippen molar-refractivity contribution in [3.8, 4) is 0 Å². The molecule has 0 aliphatic heterocycles. The van der Waals surface area contributed by atoms with Gasteiger partial charge in [-0.2, -0.15) is 0 Å². The molecule has 0 bridgehead atoms. The van der Waals surface area contributed by atoms with Gasteiger partial charge in [0.25, 0.3) is 0 Å². The van der Waals surface area contributed by atoms with Crippen LogP contribution in [0.1, 0.15) is 38.7 Å². The van der Waals surface area contributed by atoms with E-state index < -0.39 is 16.1 Å². The maximum atomic E-state index is 13.4. The van der Waals surface area contributed by atoms with Crippen LogP contribution in [0.4, 0.5) is 5.69 Å². The summed E-state index contributed by atoms with van der Waals surface area (Å²) in [7, 11) is -3.79. The molecule has 0 aliphatic rings. The molecule has 7 nitrogen and oxygen atoms in total. The minimum absolute atomic E-state index is 0.0317. The number of hydrogen-bond donors (Lipinski definition) is 3. The zero-order chi connectivity index (χ0) is 27.7. The third-order valence-corrected chi connectivity index (χ3v) is 9.58. The van der Waals surface area contributed by atoms with E-state index in [4.69, 9.17) is 5.73 Å². The Hall–Kier alpha value is -2.38. The third kappa shape index (κ3) is 8.31. The van der Waals surface area contributed by atoms with Crippen molar-refractivity contribution in [1.29, 1.82) is 0 Å². The standard InChI is InChI=1S/C29H40AsN3O4S/c1-21(2)19-33(38(36,37)27-14-12-25(31)13-15-27)26(20-34)9-5-6-16-32-29(35)28(30)18-22-10-11-23-7-3-4-8-24(23)17-22/h3-4,7-8,10-15,17,21,26,28,34H,5-6,9,16,18-20,30-31H2,1-2H3,(H,32,35). The summed E-state index contributed by atoms with van der Waals surface area (Å²) in [5.74, 6) is 0.127. The average molecular weight is 602 g/mol. The van der Waals surface area contributed by atoms with Crippen molar-refractivity contribution < 1.29 is 18.3 Å². The molecule has 3 aromatic rings. The number of carbonyl (C=O) groups excluding carboxylic acids is 1. The maximum absolute atomic E-state index is 13.4. The van der Waals surface area contributed by atoms with Crippen molar-refractivity contribution in [1.82, 2.24) is 9.62 Å². The van der Waals surface area contributed by atoms with Crippen LogP contribution in [0.3, 0.4) is 0 Å². The number of nitrogen functional groups attached to an aromatic ring is 1. The van der Waals surface area contributed by atoms with Crippen LogP contribution in [0.2, 0.25) is 4.71 Å². The first kappa shape index (κ1) is 30.2. The first-order chi connectivity index (χ1) is 18.1. The van der Waals surface area contributed by atoms with Gasteiger partial charge in [0.1, 0.15) is 0 Å². The van der Waals surface area contributed by atoms with Gasteiger partial charge in [0.05, 0.1) is 0 Å². The van der Waals surface area contributed by atoms with Crippen LogP contribution >= 0.6 is 0 Å². The normalized spacial score (nSPS) is 13.6. The fourth-order valence-electron chi connectivity index (χ4n) is 4.46. The number of sulfonamides is 1. The predicted octanol–water partition coefficient (Wildman–Crippen LogP) is 3.38. The van der Waals surface area contributed by atoms with Crippen LogP contribution in [0.25, 0.3) is 10.8 Å². The van der Waals surface area contributed by atoms with Crippen LogP contribution < -0.4 is 11.1 Å². The fraction of sp³-hybridized carbons (Fsp3) is 0.414. The number of fused-ring (bicyclic) bond motifs is 1. The molecule has 1 amide bonds. The Labute approximate surface area is 235 Å². The van der Waals surface area contributed by atoms with Gasteiger partial charge in [0, 0.05) is 5.69 Å². The van der Waals surface area contributed by atoms with Crippen molar-refractivity contribution >= 4 is 49.2 Å². The van der Waals surface area contributed by atoms with E-state index in [9.17, 15) is 18.3 Å². The summed E-state index contributed by atoms with van der Waals surface area (Å²) in [6, 6.07) is 20.1. The Bertz CT molecular complexity index is 1300. The molecule has 3 unspecified atom stereocenters. The monoisotopic (exact) mass is 601 g/mol. The molecule has 3 aromatic carbocycles. The van der Waals surface area contributed by atoms with Gasteiger partial charge < -0.3 is 5.73 Å². The van der Waals surface area contributed by atoms with Gasteiger partial charge in [-0.3, -0.25) is 0 Å². The summed E-state index contributed by atoms with van der Waals surface area (Å²) in [5.41, 5.74) is 7.37. The molecule has 3 rings (SSSR count). The van der Waals surface area contributed by atoms with Gasteiger partial charge in [-0.15, -0.1) is 0 Å². The molecule has 0 aromatic heterocycles. The van der Waals surface area contributed by atoms with Crippen LogP contribution in [-0.2, 0) is 21.2 Å². The molecule has 38 heavy (non-hydrogen) atoms. The van der Waals surface area contributed by atoms with Crippen molar-refractivity contribution in [2.45, 2.75) is 55.2 Å². The second kappa shape index (κ2) is 14.1. The smallest absolute Gasteiger partial charge is 0.399 e. The minimum atomic E-state index is -3.79. The van der Waals surface area contributed by atoms with E-state index in [2.05, 4.69) is 35.6 Å². The number of nitrogens with one attached hydrogen (secondary N) is 1. The van der Waals surface area contributed by atoms with E-state index in [-0.39, 0.29) is 28.0 Å². The number of nitrogens with zero attached hydrogens (tertiary/aromatic N) is 1. The topological polar surface area (TPSA) is 113 Å². The third-order valence-electron chi connectivity index (χ3n) is 6.52. The van der Waals surface area contributed by atoms with Crippen molar-refractivity contribution in [3.05, 3.63) is 72.3 Å². The Balaban J connectivity index is 1.51. The van der Waals surface area contributed by atoms with Gasteiger partial charge in [-0.1, -0.05) is 0 Å². The minimum Gasteiger partial charge on any atom is -0.399 e. The van der Waals surface area contributed by atoms with E-state index in [1.54, 1.807) is 12.1 Å². The molecule has 9 heteroatoms. The Morgan fingerprint density at radius 3 is 2.37 bits per heavy atom. The second-order valence-corrected chi connectivity index (χ2v) is 13.7. The first-order valence-corrected chi connectivity index (χ1v) is 15.9. The Kier molecular flexibility index (Phi) is 11.2. The van der Waals surface area contributed by atoms with Crippen molar-refractivity contribution in [2.24, 2.45) is 5.92 Å². The number of aliphatic hydroxyl groups excluding tert-OH is 1. The Morgan fingerprint density at radius 2 is 1.71 bits per heavy atom. The molecule has 0 heterocycles. The predicted molar refractivity (Wildman–Crippen MR) is 157 cm³/mol. The summed E-state index contributed by atoms with van der Waals surface area (Å²) in [6.07, 6.45) is 2.58. The Morgan fingerprint density at radius 1 is 1.03 bits per heavy atom. The molecule has 0 fully saturated rings. The van der Waals surface area contributed by atoms with Gasteiger partial charge >= 0.3 is 212 Å². The molecule has 0 radical (unpaired) electrons. The summed E-state index contributed by atoms with van der Waals surface area (Å²) in [6.45, 7) is 4.47. The number of unbranched alkanes of at least 4 members (excludes halogenated alkanes) is 1. The number of nitrogens with two attached hydrogens (primary N) is 1. The molecular weight excluding hydrogens is 561 g/mol. The second-order valence-electron chi connectivity index (χ2n) is 10.2. The zero-order valence-corrected chi connectivity index (χ0v) is 25.5. The zero-order valence-electron chi connectivity index (χ0n) is 22.2. The molecule has 0 saturated carbocycles. The summed E-state index contributed by atoms with van der Waals surface area (Å²) >= 11 is 1.40. The van der Waals surface area contributed by atoms with Gasteiger partial charge in [-0.05, 0) is 12.1 Å². The summed E-state index contributed by atoms with van der Waals surface area (Å²) < 4.78 is 28.1. The van der Waals surface area contributed by atoms with Crippen LogP contribution in [0, 0.1) is 5.92 Å². The number of carbonyl (C=O) groups is 1. The van der Waals surface area contributed by atoms with Crippen LogP contribution in [0.5, 0.6) is 0 Å². The number of amides is 1. The van der Waals surface area contributed by atoms with E-state index >= 15 is 0 Å². The molecule has 3 atom stereocenters. The fourth-order valence-corrected chi connectivity index (χ4v) is 7.09. The number of aliphatic hydroxyl groups is 1. The number of benzene rings is 3. The van der Waals surface area contributed by atoms with Gasteiger partial charge in [0.2, 0.25) is 0 Å². The molecule has 0 aliphatic carbocycles. The van der Waals surface area contributed by atoms with Crippen molar-refractivity contribution in [2.75, 3.05) is 25.4 Å². The first-order valence-electron chi connectivity index (χ1n) is 13.1. The SMILES string of the molecule is CC(C)CN(C(CO)CCCCNC(=O)C([AsH2])Cc1ccc2ccccc2c1)S(=O)(=O)c1ccc(N)cc1. The molecule has 0 spiro atoms.